The van der Waals surface area contributed by atoms with Crippen molar-refractivity contribution in [1.29, 1.82) is 5.26 Å². The second-order valence-corrected chi connectivity index (χ2v) is 6.70. The summed E-state index contributed by atoms with van der Waals surface area (Å²) in [5.74, 6) is -0.712. The molecule has 0 bridgehead atoms. The number of carbonyl (C=O) groups is 1. The Labute approximate surface area is 145 Å². The quantitative estimate of drug-likeness (QED) is 0.811. The van der Waals surface area contributed by atoms with E-state index in [0.29, 0.717) is 0 Å². The van der Waals surface area contributed by atoms with Gasteiger partial charge in [0, 0.05) is 12.3 Å². The first-order valence-electron chi connectivity index (χ1n) is 7.19. The fourth-order valence-electron chi connectivity index (χ4n) is 2.07. The highest BCUT2D eigenvalue weighted by Gasteiger charge is 2.43. The van der Waals surface area contributed by atoms with Crippen LogP contribution in [0.2, 0.25) is 0 Å². The summed E-state index contributed by atoms with van der Waals surface area (Å²) < 4.78 is 42.9. The second-order valence-electron chi connectivity index (χ2n) is 5.84. The average Bonchev–Trinajstić information content (AvgIpc) is 3.33. The van der Waals surface area contributed by atoms with E-state index in [-0.39, 0.29) is 21.8 Å². The number of amides is 1. The van der Waals surface area contributed by atoms with Crippen LogP contribution in [0.1, 0.15) is 37.2 Å². The zero-order valence-electron chi connectivity index (χ0n) is 12.9. The number of alkyl halides is 3. The van der Waals surface area contributed by atoms with Crippen molar-refractivity contribution >= 4 is 21.8 Å². The largest absolute Gasteiger partial charge is 0.480 e. The number of ether oxygens (including phenoxy) is 1. The van der Waals surface area contributed by atoms with Crippen molar-refractivity contribution in [2.45, 2.75) is 44.5 Å². The Morgan fingerprint density at radius 3 is 2.67 bits per heavy atom. The van der Waals surface area contributed by atoms with Gasteiger partial charge in [0.05, 0.1) is 10.5 Å². The summed E-state index contributed by atoms with van der Waals surface area (Å²) in [5.41, 5.74) is -1.14. The van der Waals surface area contributed by atoms with Crippen molar-refractivity contribution < 1.29 is 22.7 Å². The van der Waals surface area contributed by atoms with Gasteiger partial charge in [-0.2, -0.15) is 18.4 Å². The van der Waals surface area contributed by atoms with E-state index in [1.54, 1.807) is 6.92 Å². The first-order valence-corrected chi connectivity index (χ1v) is 7.99. The van der Waals surface area contributed by atoms with E-state index in [4.69, 9.17) is 4.74 Å². The fourth-order valence-corrected chi connectivity index (χ4v) is 2.38. The number of carbonyl (C=O) groups excluding carboxylic acids is 1. The lowest BCUT2D eigenvalue weighted by Gasteiger charge is -2.23. The summed E-state index contributed by atoms with van der Waals surface area (Å²) in [7, 11) is 0. The van der Waals surface area contributed by atoms with E-state index in [9.17, 15) is 23.2 Å². The summed E-state index contributed by atoms with van der Waals surface area (Å²) in [6, 6.07) is 3.19. The van der Waals surface area contributed by atoms with Gasteiger partial charge >= 0.3 is 6.18 Å². The molecule has 0 spiro atoms. The molecule has 1 aliphatic carbocycles. The van der Waals surface area contributed by atoms with Crippen molar-refractivity contribution in [3.8, 4) is 11.8 Å². The molecule has 1 amide bonds. The lowest BCUT2D eigenvalue weighted by molar-refractivity contribution is -0.189. The lowest BCUT2D eigenvalue weighted by atomic mass is 9.97. The van der Waals surface area contributed by atoms with E-state index in [1.165, 1.54) is 6.20 Å². The van der Waals surface area contributed by atoms with Gasteiger partial charge in [-0.1, -0.05) is 0 Å². The molecule has 0 aromatic carbocycles. The molecule has 2 rings (SSSR count). The van der Waals surface area contributed by atoms with E-state index in [0.717, 1.165) is 25.8 Å². The molecule has 5 nitrogen and oxygen atoms in total. The Morgan fingerprint density at radius 2 is 2.17 bits per heavy atom. The molecule has 1 aromatic rings. The number of pyridine rings is 1. The Morgan fingerprint density at radius 1 is 1.54 bits per heavy atom. The summed E-state index contributed by atoms with van der Waals surface area (Å²) >= 11 is 3.04. The predicted octanol–water partition coefficient (Wildman–Crippen LogP) is 3.60. The number of nitriles is 1. The highest BCUT2D eigenvalue weighted by atomic mass is 79.9. The number of aromatic nitrogens is 1. The van der Waals surface area contributed by atoms with Crippen LogP contribution in [0.25, 0.3) is 0 Å². The minimum absolute atomic E-state index is 0.0721. The molecule has 2 atom stereocenters. The molecule has 1 unspecified atom stereocenters. The third-order valence-electron chi connectivity index (χ3n) is 3.82. The molecule has 1 aromatic heterocycles. The molecule has 1 aliphatic rings. The van der Waals surface area contributed by atoms with Crippen molar-refractivity contribution in [3.05, 3.63) is 22.4 Å². The molecule has 130 valence electrons. The van der Waals surface area contributed by atoms with Gasteiger partial charge < -0.3 is 10.1 Å². The van der Waals surface area contributed by atoms with Crippen LogP contribution in [0.5, 0.6) is 5.75 Å². The minimum atomic E-state index is -4.53. The smallest absolute Gasteiger partial charge is 0.425 e. The average molecular weight is 406 g/mol. The van der Waals surface area contributed by atoms with Crippen molar-refractivity contribution in [2.24, 2.45) is 5.92 Å². The van der Waals surface area contributed by atoms with E-state index < -0.39 is 23.7 Å². The number of hydrogen-bond acceptors (Lipinski definition) is 4. The first-order chi connectivity index (χ1) is 11.1. The van der Waals surface area contributed by atoms with Crippen molar-refractivity contribution in [2.75, 3.05) is 0 Å². The normalized spacial score (nSPS) is 18.2. The van der Waals surface area contributed by atoms with Crippen LogP contribution in [0, 0.1) is 17.2 Å². The van der Waals surface area contributed by atoms with Crippen LogP contribution < -0.4 is 10.1 Å². The van der Waals surface area contributed by atoms with E-state index >= 15 is 0 Å². The summed E-state index contributed by atoms with van der Waals surface area (Å²) in [5, 5.41) is 11.9. The highest BCUT2D eigenvalue weighted by molar-refractivity contribution is 9.10. The molecule has 9 heteroatoms. The zero-order chi connectivity index (χ0) is 18.1. The lowest BCUT2D eigenvalue weighted by Crippen LogP contribution is -2.46. The molecule has 1 fully saturated rings. The fraction of sp³-hybridized carbons (Fsp3) is 0.533. The number of nitrogens with zero attached hydrogens (tertiary/aromatic N) is 2. The molecule has 24 heavy (non-hydrogen) atoms. The Bertz CT molecular complexity index is 686. The van der Waals surface area contributed by atoms with Crippen LogP contribution in [-0.4, -0.2) is 28.7 Å². The monoisotopic (exact) mass is 405 g/mol. The highest BCUT2D eigenvalue weighted by Crippen LogP contribution is 2.39. The third-order valence-corrected chi connectivity index (χ3v) is 4.41. The standard InChI is InChI=1S/C15H15BrF3N3O2/c1-8(15(17,18)19)24-12-5-11(21-6-10(12)16)13(23)22-14(2,7-20)9-3-4-9/h5-6,8-9H,3-4H2,1-2H3,(H,22,23)/t8-,14?/m0/s1. The molecular weight excluding hydrogens is 391 g/mol. The molecule has 0 saturated heterocycles. The van der Waals surface area contributed by atoms with Crippen LogP contribution in [-0.2, 0) is 0 Å². The van der Waals surface area contributed by atoms with E-state index in [1.807, 2.05) is 0 Å². The number of rotatable bonds is 5. The first kappa shape index (κ1) is 18.5. The summed E-state index contributed by atoms with van der Waals surface area (Å²) in [4.78, 5) is 16.2. The van der Waals surface area contributed by atoms with E-state index in [2.05, 4.69) is 32.3 Å². The zero-order valence-corrected chi connectivity index (χ0v) is 14.5. The maximum Gasteiger partial charge on any atom is 0.425 e. The minimum Gasteiger partial charge on any atom is -0.480 e. The summed E-state index contributed by atoms with van der Waals surface area (Å²) in [6.45, 7) is 2.48. The number of nitrogens with one attached hydrogen (secondary N) is 1. The van der Waals surface area contributed by atoms with Gasteiger partial charge in [-0.05, 0) is 48.5 Å². The molecule has 1 N–H and O–H groups in total. The van der Waals surface area contributed by atoms with Crippen LogP contribution in [0.4, 0.5) is 13.2 Å². The Kier molecular flexibility index (Phi) is 5.08. The maximum absolute atomic E-state index is 12.6. The van der Waals surface area contributed by atoms with Crippen LogP contribution in [0.3, 0.4) is 0 Å². The summed E-state index contributed by atoms with van der Waals surface area (Å²) in [6.07, 6.45) is -3.70. The van der Waals surface area contributed by atoms with Gasteiger partial charge in [-0.25, -0.2) is 4.98 Å². The molecular formula is C15H15BrF3N3O2. The maximum atomic E-state index is 12.6. The second kappa shape index (κ2) is 6.59. The van der Waals surface area contributed by atoms with Gasteiger partial charge in [-0.3, -0.25) is 4.79 Å². The van der Waals surface area contributed by atoms with Crippen molar-refractivity contribution in [3.63, 3.8) is 0 Å². The predicted molar refractivity (Wildman–Crippen MR) is 82.3 cm³/mol. The molecule has 1 saturated carbocycles. The number of hydrogen-bond donors (Lipinski definition) is 1. The molecule has 0 radical (unpaired) electrons. The topological polar surface area (TPSA) is 75.0 Å². The van der Waals surface area contributed by atoms with Gasteiger partial charge in [0.15, 0.2) is 6.10 Å². The van der Waals surface area contributed by atoms with Crippen molar-refractivity contribution in [1.82, 2.24) is 10.3 Å². The molecule has 0 aliphatic heterocycles. The third kappa shape index (κ3) is 4.17. The van der Waals surface area contributed by atoms with Crippen LogP contribution >= 0.6 is 15.9 Å². The SMILES string of the molecule is C[C@H](Oc1cc(C(=O)NC(C)(C#N)C2CC2)ncc1Br)C(F)(F)F. The van der Waals surface area contributed by atoms with Gasteiger partial charge in [0.25, 0.3) is 5.91 Å². The van der Waals surface area contributed by atoms with Crippen LogP contribution in [0.15, 0.2) is 16.7 Å². The molecule has 1 heterocycles. The van der Waals surface area contributed by atoms with Gasteiger partial charge in [0.1, 0.15) is 17.0 Å². The van der Waals surface area contributed by atoms with Gasteiger partial charge in [-0.15, -0.1) is 0 Å². The Hall–Kier alpha value is -1.82. The number of halogens is 4. The Balaban J connectivity index is 2.18. The van der Waals surface area contributed by atoms with Gasteiger partial charge in [0.2, 0.25) is 0 Å².